The van der Waals surface area contributed by atoms with E-state index in [4.69, 9.17) is 5.14 Å². The molecule has 0 radical (unpaired) electrons. The molecule has 2 N–H and O–H groups in total. The van der Waals surface area contributed by atoms with Crippen LogP contribution in [0.25, 0.3) is 0 Å². The first-order chi connectivity index (χ1) is 7.68. The molecule has 0 atom stereocenters. The topological polar surface area (TPSA) is 73.1 Å². The fourth-order valence-corrected chi connectivity index (χ4v) is 2.74. The van der Waals surface area contributed by atoms with Crippen molar-refractivity contribution in [3.63, 3.8) is 0 Å². The summed E-state index contributed by atoms with van der Waals surface area (Å²) in [6.45, 7) is 0. The maximum absolute atomic E-state index is 12.3. The van der Waals surface area contributed by atoms with Crippen LogP contribution in [0.4, 0.5) is 13.2 Å². The van der Waals surface area contributed by atoms with Gasteiger partial charge in [-0.05, 0) is 12.1 Å². The molecule has 1 aromatic heterocycles. The van der Waals surface area contributed by atoms with Gasteiger partial charge < -0.3 is 0 Å². The maximum Gasteiger partial charge on any atom is 0.416 e. The highest BCUT2D eigenvalue weighted by Crippen LogP contribution is 2.30. The zero-order valence-corrected chi connectivity index (χ0v) is 10.1. The van der Waals surface area contributed by atoms with Gasteiger partial charge in [0.05, 0.1) is 16.3 Å². The van der Waals surface area contributed by atoms with Crippen LogP contribution in [-0.2, 0) is 16.2 Å². The summed E-state index contributed by atoms with van der Waals surface area (Å²) in [7, 11) is -3.60. The number of rotatable bonds is 4. The molecule has 0 aliphatic heterocycles. The Bertz CT molecular complexity index is 488. The van der Waals surface area contributed by atoms with Crippen molar-refractivity contribution in [1.82, 2.24) is 4.98 Å². The number of thioether (sulfide) groups is 1. The van der Waals surface area contributed by atoms with Crippen LogP contribution in [0, 0.1) is 0 Å². The fraction of sp³-hybridized carbons (Fsp3) is 0.375. The monoisotopic (exact) mass is 286 g/mol. The molecule has 4 nitrogen and oxygen atoms in total. The predicted octanol–water partition coefficient (Wildman–Crippen LogP) is 1.48. The SMILES string of the molecule is NS(=O)(=O)CCSc1cc(C(F)(F)F)ccn1. The van der Waals surface area contributed by atoms with Gasteiger partial charge in [0, 0.05) is 11.9 Å². The molecule has 0 bridgehead atoms. The second-order valence-corrected chi connectivity index (χ2v) is 5.95. The van der Waals surface area contributed by atoms with E-state index in [-0.39, 0.29) is 16.5 Å². The minimum atomic E-state index is -4.43. The molecule has 0 aromatic carbocycles. The van der Waals surface area contributed by atoms with E-state index < -0.39 is 21.8 Å². The van der Waals surface area contributed by atoms with E-state index in [0.29, 0.717) is 0 Å². The molecule has 1 aromatic rings. The van der Waals surface area contributed by atoms with Crippen molar-refractivity contribution in [3.8, 4) is 0 Å². The largest absolute Gasteiger partial charge is 0.416 e. The van der Waals surface area contributed by atoms with Gasteiger partial charge in [-0.2, -0.15) is 13.2 Å². The summed E-state index contributed by atoms with van der Waals surface area (Å²) in [5, 5.41) is 4.87. The molecule has 0 fully saturated rings. The lowest BCUT2D eigenvalue weighted by Gasteiger charge is -2.07. The molecule has 96 valence electrons. The van der Waals surface area contributed by atoms with Gasteiger partial charge in [0.25, 0.3) is 0 Å². The van der Waals surface area contributed by atoms with Crippen LogP contribution < -0.4 is 5.14 Å². The molecule has 0 unspecified atom stereocenters. The van der Waals surface area contributed by atoms with E-state index in [9.17, 15) is 21.6 Å². The smallest absolute Gasteiger partial charge is 0.250 e. The standard InChI is InChI=1S/C8H9F3N2O2S2/c9-8(10,11)6-1-2-13-7(5-6)16-3-4-17(12,14)15/h1-2,5H,3-4H2,(H2,12,14,15). The molecule has 17 heavy (non-hydrogen) atoms. The maximum atomic E-state index is 12.3. The lowest BCUT2D eigenvalue weighted by molar-refractivity contribution is -0.137. The van der Waals surface area contributed by atoms with E-state index in [1.54, 1.807) is 0 Å². The normalized spacial score (nSPS) is 12.7. The van der Waals surface area contributed by atoms with Crippen LogP contribution in [0.2, 0.25) is 0 Å². The average Bonchev–Trinajstić information content (AvgIpc) is 2.15. The molecule has 1 rings (SSSR count). The molecule has 0 aliphatic rings. The van der Waals surface area contributed by atoms with E-state index in [1.165, 1.54) is 0 Å². The first-order valence-electron chi connectivity index (χ1n) is 4.35. The van der Waals surface area contributed by atoms with Crippen LogP contribution in [0.1, 0.15) is 5.56 Å². The lowest BCUT2D eigenvalue weighted by atomic mass is 10.3. The summed E-state index contributed by atoms with van der Waals surface area (Å²) in [4.78, 5) is 3.70. The number of nitrogens with zero attached hydrogens (tertiary/aromatic N) is 1. The third kappa shape index (κ3) is 5.37. The van der Waals surface area contributed by atoms with Gasteiger partial charge in [-0.1, -0.05) is 0 Å². The van der Waals surface area contributed by atoms with Gasteiger partial charge in [-0.3, -0.25) is 0 Å². The first kappa shape index (κ1) is 14.3. The van der Waals surface area contributed by atoms with Gasteiger partial charge in [0.15, 0.2) is 0 Å². The molecule has 0 spiro atoms. The second-order valence-electron chi connectivity index (χ2n) is 3.10. The van der Waals surface area contributed by atoms with Gasteiger partial charge in [0.2, 0.25) is 10.0 Å². The molecule has 1 heterocycles. The van der Waals surface area contributed by atoms with Gasteiger partial charge in [-0.15, -0.1) is 11.8 Å². The van der Waals surface area contributed by atoms with Crippen molar-refractivity contribution in [2.24, 2.45) is 5.14 Å². The van der Waals surface area contributed by atoms with Crippen LogP contribution in [0.3, 0.4) is 0 Å². The summed E-state index contributed by atoms with van der Waals surface area (Å²) >= 11 is 0.907. The Morgan fingerprint density at radius 2 is 2.06 bits per heavy atom. The van der Waals surface area contributed by atoms with Gasteiger partial charge in [-0.25, -0.2) is 18.5 Å². The van der Waals surface area contributed by atoms with Crippen LogP contribution in [0.15, 0.2) is 23.4 Å². The molecule has 0 amide bonds. The number of alkyl halides is 3. The van der Waals surface area contributed by atoms with Gasteiger partial charge in [0.1, 0.15) is 0 Å². The van der Waals surface area contributed by atoms with Crippen molar-refractivity contribution in [2.45, 2.75) is 11.2 Å². The summed E-state index contributed by atoms with van der Waals surface area (Å²) < 4.78 is 58.2. The molecular formula is C8H9F3N2O2S2. The van der Waals surface area contributed by atoms with E-state index in [2.05, 4.69) is 4.98 Å². The molecule has 0 aliphatic carbocycles. The van der Waals surface area contributed by atoms with Crippen LogP contribution in [-0.4, -0.2) is 24.9 Å². The minimum Gasteiger partial charge on any atom is -0.250 e. The zero-order valence-electron chi connectivity index (χ0n) is 8.44. The quantitative estimate of drug-likeness (QED) is 0.851. The molecule has 9 heteroatoms. The van der Waals surface area contributed by atoms with Crippen molar-refractivity contribution in [1.29, 1.82) is 0 Å². The Morgan fingerprint density at radius 1 is 1.41 bits per heavy atom. The average molecular weight is 286 g/mol. The van der Waals surface area contributed by atoms with Crippen molar-refractivity contribution in [3.05, 3.63) is 23.9 Å². The summed E-state index contributed by atoms with van der Waals surface area (Å²) in [6, 6.07) is 1.72. The third-order valence-electron chi connectivity index (χ3n) is 1.68. The third-order valence-corrected chi connectivity index (χ3v) is 3.64. The van der Waals surface area contributed by atoms with Crippen LogP contribution >= 0.6 is 11.8 Å². The van der Waals surface area contributed by atoms with Crippen molar-refractivity contribution >= 4 is 21.8 Å². The highest BCUT2D eigenvalue weighted by atomic mass is 32.2. The lowest BCUT2D eigenvalue weighted by Crippen LogP contribution is -2.17. The Morgan fingerprint density at radius 3 is 2.59 bits per heavy atom. The molecular weight excluding hydrogens is 277 g/mol. The number of nitrogens with two attached hydrogens (primary N) is 1. The number of hydrogen-bond donors (Lipinski definition) is 1. The Kier molecular flexibility index (Phi) is 4.39. The highest BCUT2D eigenvalue weighted by molar-refractivity contribution is 8.00. The van der Waals surface area contributed by atoms with E-state index in [0.717, 1.165) is 30.1 Å². The Hall–Kier alpha value is -0.800. The molecule has 0 saturated carbocycles. The van der Waals surface area contributed by atoms with Crippen LogP contribution in [0.5, 0.6) is 0 Å². The number of halogens is 3. The summed E-state index contributed by atoms with van der Waals surface area (Å²) in [5.41, 5.74) is -0.814. The van der Waals surface area contributed by atoms with Crippen molar-refractivity contribution < 1.29 is 21.6 Å². The number of pyridine rings is 1. The van der Waals surface area contributed by atoms with Crippen molar-refractivity contribution in [2.75, 3.05) is 11.5 Å². The predicted molar refractivity (Wildman–Crippen MR) is 57.9 cm³/mol. The summed E-state index contributed by atoms with van der Waals surface area (Å²) in [5.74, 6) is -0.247. The van der Waals surface area contributed by atoms with Gasteiger partial charge >= 0.3 is 6.18 Å². The van der Waals surface area contributed by atoms with E-state index >= 15 is 0 Å². The second kappa shape index (κ2) is 5.23. The number of aromatic nitrogens is 1. The number of sulfonamides is 1. The summed E-state index contributed by atoms with van der Waals surface area (Å²) in [6.07, 6.45) is -3.40. The molecule has 0 saturated heterocycles. The highest BCUT2D eigenvalue weighted by Gasteiger charge is 2.30. The fourth-order valence-electron chi connectivity index (χ4n) is 0.927. The number of primary sulfonamides is 1. The Labute approximate surface area is 100 Å². The first-order valence-corrected chi connectivity index (χ1v) is 7.05. The minimum absolute atomic E-state index is 0.0626. The zero-order chi connectivity index (χ0) is 13.1. The Balaban J connectivity index is 2.67. The number of hydrogen-bond acceptors (Lipinski definition) is 4. The van der Waals surface area contributed by atoms with E-state index in [1.807, 2.05) is 0 Å².